The monoisotopic (exact) mass is 270 g/mol. The first-order valence-corrected chi connectivity index (χ1v) is 6.42. The van der Waals surface area contributed by atoms with Crippen LogP contribution in [-0.2, 0) is 0 Å². The Morgan fingerprint density at radius 3 is 2.93 bits per heavy atom. The molecule has 1 N–H and O–H groups in total. The van der Waals surface area contributed by atoms with Crippen LogP contribution in [0.2, 0.25) is 0 Å². The van der Waals surface area contributed by atoms with Gasteiger partial charge in [0, 0.05) is 0 Å². The van der Waals surface area contributed by atoms with Crippen molar-refractivity contribution in [3.05, 3.63) is 27.9 Å². The molecule has 2 aromatic heterocycles. The average Bonchev–Trinajstić information content (AvgIpc) is 2.68. The van der Waals surface area contributed by atoms with Gasteiger partial charge in [0.1, 0.15) is 0 Å². The third kappa shape index (κ3) is 1.29. The summed E-state index contributed by atoms with van der Waals surface area (Å²) in [6, 6.07) is 3.83. The maximum absolute atomic E-state index is 9.77. The Balaban J connectivity index is 2.28. The molecule has 0 saturated heterocycles. The minimum atomic E-state index is -0.880. The summed E-state index contributed by atoms with van der Waals surface area (Å²) in [7, 11) is 0. The van der Waals surface area contributed by atoms with E-state index in [-0.39, 0.29) is 14.5 Å². The van der Waals surface area contributed by atoms with Gasteiger partial charge in [-0.05, 0) is 0 Å². The number of aliphatic hydroxyl groups excluding tert-OH is 1. The number of furan rings is 1. The number of ether oxygens (including phenoxy) is 1. The number of hydrogen-bond acceptors (Lipinski definition) is 3. The van der Waals surface area contributed by atoms with E-state index >= 15 is 0 Å². The van der Waals surface area contributed by atoms with E-state index in [1.54, 1.807) is 0 Å². The van der Waals surface area contributed by atoms with Gasteiger partial charge in [0.05, 0.1) is 0 Å². The molecule has 3 heterocycles. The van der Waals surface area contributed by atoms with E-state index in [2.05, 4.69) is 6.92 Å². The Morgan fingerprint density at radius 2 is 2.13 bits per heavy atom. The molecule has 0 aromatic carbocycles. The minimum absolute atomic E-state index is 0.272. The number of aryl methyl sites for hydroxylation is 2. The first-order chi connectivity index (χ1) is 7.15. The van der Waals surface area contributed by atoms with Crippen molar-refractivity contribution in [2.24, 2.45) is 0 Å². The molecule has 3 rings (SSSR count). The summed E-state index contributed by atoms with van der Waals surface area (Å²) in [6.07, 6.45) is -0.880. The van der Waals surface area contributed by atoms with Gasteiger partial charge >= 0.3 is 92.7 Å². The van der Waals surface area contributed by atoms with E-state index in [1.807, 2.05) is 19.1 Å². The molecule has 0 saturated carbocycles. The van der Waals surface area contributed by atoms with Crippen molar-refractivity contribution in [2.75, 3.05) is 0 Å². The van der Waals surface area contributed by atoms with Crippen molar-refractivity contribution in [3.63, 3.8) is 0 Å². The van der Waals surface area contributed by atoms with Crippen LogP contribution in [0, 0.1) is 13.8 Å². The van der Waals surface area contributed by atoms with Crippen LogP contribution in [0.1, 0.15) is 22.1 Å². The second-order valence-corrected chi connectivity index (χ2v) is 6.30. The summed E-state index contributed by atoms with van der Waals surface area (Å²) in [4.78, 5) is 0. The van der Waals surface area contributed by atoms with Crippen molar-refractivity contribution in [1.29, 1.82) is 0 Å². The van der Waals surface area contributed by atoms with E-state index in [4.69, 9.17) is 9.15 Å². The van der Waals surface area contributed by atoms with Crippen LogP contribution in [0.3, 0.4) is 0 Å². The Labute approximate surface area is 93.0 Å². The predicted octanol–water partition coefficient (Wildman–Crippen LogP) is 2.00. The molecule has 0 bridgehead atoms. The van der Waals surface area contributed by atoms with Gasteiger partial charge in [-0.3, -0.25) is 0 Å². The molecule has 0 aliphatic carbocycles. The van der Waals surface area contributed by atoms with Gasteiger partial charge in [-0.2, -0.15) is 0 Å². The number of aliphatic hydroxyl groups is 1. The summed E-state index contributed by atoms with van der Waals surface area (Å²) in [5, 5.41) is 9.77. The van der Waals surface area contributed by atoms with Gasteiger partial charge in [-0.1, -0.05) is 0 Å². The fourth-order valence-corrected chi connectivity index (χ4v) is 3.80. The van der Waals surface area contributed by atoms with E-state index in [0.29, 0.717) is 0 Å². The zero-order chi connectivity index (χ0) is 10.6. The third-order valence-corrected chi connectivity index (χ3v) is 4.58. The Bertz CT molecular complexity index is 524. The van der Waals surface area contributed by atoms with Crippen LogP contribution >= 0.6 is 0 Å². The first-order valence-electron chi connectivity index (χ1n) is 4.71. The normalized spacial score (nSPS) is 18.2. The van der Waals surface area contributed by atoms with Gasteiger partial charge in [0.2, 0.25) is 0 Å². The van der Waals surface area contributed by atoms with Crippen LogP contribution < -0.4 is 4.74 Å². The van der Waals surface area contributed by atoms with Crippen molar-refractivity contribution < 1.29 is 14.3 Å². The van der Waals surface area contributed by atoms with Gasteiger partial charge in [0.15, 0.2) is 0 Å². The standard InChI is InChI=1S/C11H10O3Se/c1-5-3-7-9(13-5)10-8(14-11(7)12)4-6(2)15-10/h3-4,11-12H,1-2H3. The molecule has 15 heavy (non-hydrogen) atoms. The summed E-state index contributed by atoms with van der Waals surface area (Å²) in [5.74, 6) is 2.41. The van der Waals surface area contributed by atoms with E-state index in [0.717, 1.165) is 27.3 Å². The Hall–Kier alpha value is -0.961. The third-order valence-electron chi connectivity index (χ3n) is 2.42. The van der Waals surface area contributed by atoms with E-state index in [9.17, 15) is 5.11 Å². The molecule has 2 aromatic rings. The zero-order valence-corrected chi connectivity index (χ0v) is 10.1. The molecule has 0 radical (unpaired) electrons. The quantitative estimate of drug-likeness (QED) is 0.744. The second-order valence-electron chi connectivity index (χ2n) is 3.66. The van der Waals surface area contributed by atoms with Gasteiger partial charge in [-0.15, -0.1) is 0 Å². The van der Waals surface area contributed by atoms with E-state index < -0.39 is 6.29 Å². The fourth-order valence-electron chi connectivity index (χ4n) is 1.82. The second kappa shape index (κ2) is 3.01. The van der Waals surface area contributed by atoms with Crippen molar-refractivity contribution >= 4 is 14.5 Å². The molecule has 3 nitrogen and oxygen atoms in total. The fraction of sp³-hybridized carbons (Fsp3) is 0.273. The van der Waals surface area contributed by atoms with Crippen molar-refractivity contribution in [1.82, 2.24) is 0 Å². The molecular weight excluding hydrogens is 259 g/mol. The SMILES string of the molecule is Cc1cc2c(o1)-c1[se]c(C)cc1OC2O. The molecule has 78 valence electrons. The molecular formula is C11H10O3Se. The van der Waals surface area contributed by atoms with E-state index in [1.165, 1.54) is 4.44 Å². The molecule has 4 heteroatoms. The summed E-state index contributed by atoms with van der Waals surface area (Å²) < 4.78 is 13.5. The van der Waals surface area contributed by atoms with Gasteiger partial charge in [-0.25, -0.2) is 0 Å². The van der Waals surface area contributed by atoms with Crippen LogP contribution in [0.5, 0.6) is 5.75 Å². The first kappa shape index (κ1) is 9.28. The molecule has 1 aliphatic rings. The maximum atomic E-state index is 9.77. The molecule has 0 amide bonds. The summed E-state index contributed by atoms with van der Waals surface area (Å²) in [5.41, 5.74) is 0.760. The van der Waals surface area contributed by atoms with Crippen LogP contribution in [0.15, 0.2) is 16.5 Å². The molecule has 1 atom stereocenters. The van der Waals surface area contributed by atoms with Crippen LogP contribution in [-0.4, -0.2) is 19.6 Å². The van der Waals surface area contributed by atoms with Gasteiger partial charge < -0.3 is 0 Å². The van der Waals surface area contributed by atoms with Crippen LogP contribution in [0.4, 0.5) is 0 Å². The average molecular weight is 269 g/mol. The Morgan fingerprint density at radius 1 is 1.33 bits per heavy atom. The predicted molar refractivity (Wildman–Crippen MR) is 56.1 cm³/mol. The summed E-state index contributed by atoms with van der Waals surface area (Å²) in [6.45, 7) is 3.96. The molecule has 0 spiro atoms. The molecule has 0 fully saturated rings. The van der Waals surface area contributed by atoms with Crippen molar-refractivity contribution in [2.45, 2.75) is 20.1 Å². The number of rotatable bonds is 0. The Kier molecular flexibility index (Phi) is 1.86. The van der Waals surface area contributed by atoms with Crippen molar-refractivity contribution in [3.8, 4) is 15.9 Å². The van der Waals surface area contributed by atoms with Crippen LogP contribution in [0.25, 0.3) is 10.2 Å². The topological polar surface area (TPSA) is 42.6 Å². The zero-order valence-electron chi connectivity index (χ0n) is 8.40. The number of fused-ring (bicyclic) bond motifs is 3. The molecule has 1 aliphatic heterocycles. The van der Waals surface area contributed by atoms with Gasteiger partial charge in [0.25, 0.3) is 0 Å². The molecule has 1 unspecified atom stereocenters. The number of hydrogen-bond donors (Lipinski definition) is 1. The summed E-state index contributed by atoms with van der Waals surface area (Å²) >= 11 is 0.272.